The first kappa shape index (κ1) is 12.8. The number of nitrogens with two attached hydrogens (primary N) is 1. The Hall–Kier alpha value is -2.19. The number of allylic oxidation sites excluding steroid dienone is 2. The van der Waals surface area contributed by atoms with Gasteiger partial charge in [0.15, 0.2) is 0 Å². The number of fused-ring (bicyclic) bond motifs is 1. The summed E-state index contributed by atoms with van der Waals surface area (Å²) in [4.78, 5) is 4.67. The van der Waals surface area contributed by atoms with E-state index in [0.29, 0.717) is 12.5 Å². The highest BCUT2D eigenvalue weighted by Crippen LogP contribution is 2.30. The first-order valence-electron chi connectivity index (χ1n) is 6.94. The molecule has 2 nitrogen and oxygen atoms in total. The van der Waals surface area contributed by atoms with Crippen molar-refractivity contribution in [2.75, 3.05) is 0 Å². The van der Waals surface area contributed by atoms with Gasteiger partial charge in [0.2, 0.25) is 0 Å². The van der Waals surface area contributed by atoms with Gasteiger partial charge in [-0.25, -0.2) is 0 Å². The molecule has 0 saturated heterocycles. The molecule has 1 unspecified atom stereocenters. The van der Waals surface area contributed by atoms with Gasteiger partial charge in [-0.2, -0.15) is 0 Å². The van der Waals surface area contributed by atoms with Crippen LogP contribution in [0.25, 0.3) is 11.6 Å². The summed E-state index contributed by atoms with van der Waals surface area (Å²) in [7, 11) is 0. The molecule has 1 aromatic heterocycles. The van der Waals surface area contributed by atoms with Gasteiger partial charge in [-0.15, -0.1) is 0 Å². The van der Waals surface area contributed by atoms with Crippen LogP contribution in [0.3, 0.4) is 0 Å². The molecule has 1 atom stereocenters. The predicted molar refractivity (Wildman–Crippen MR) is 83.8 cm³/mol. The Balaban J connectivity index is 2.17. The molecule has 100 valence electrons. The van der Waals surface area contributed by atoms with E-state index in [4.69, 9.17) is 5.73 Å². The molecular formula is C18H18N2. The third-order valence-corrected chi connectivity index (χ3v) is 3.55. The van der Waals surface area contributed by atoms with Crippen LogP contribution in [0.2, 0.25) is 0 Å². The maximum Gasteiger partial charge on any atom is 0.0709 e. The van der Waals surface area contributed by atoms with Crippen molar-refractivity contribution in [3.63, 3.8) is 0 Å². The van der Waals surface area contributed by atoms with Crippen LogP contribution in [-0.2, 0) is 6.54 Å². The van der Waals surface area contributed by atoms with E-state index >= 15 is 0 Å². The lowest BCUT2D eigenvalue weighted by Crippen LogP contribution is -2.02. The number of benzene rings is 1. The van der Waals surface area contributed by atoms with E-state index in [2.05, 4.69) is 60.5 Å². The summed E-state index contributed by atoms with van der Waals surface area (Å²) in [5.41, 5.74) is 11.3. The summed E-state index contributed by atoms with van der Waals surface area (Å²) >= 11 is 0. The maximum absolute atomic E-state index is 5.71. The lowest BCUT2D eigenvalue weighted by molar-refractivity contribution is 0.945. The molecule has 2 heteroatoms. The van der Waals surface area contributed by atoms with Gasteiger partial charge < -0.3 is 5.73 Å². The fourth-order valence-corrected chi connectivity index (χ4v) is 2.52. The van der Waals surface area contributed by atoms with E-state index in [0.717, 1.165) is 11.4 Å². The Morgan fingerprint density at radius 1 is 1.10 bits per heavy atom. The van der Waals surface area contributed by atoms with Gasteiger partial charge in [0.1, 0.15) is 0 Å². The van der Waals surface area contributed by atoms with Crippen molar-refractivity contribution in [3.8, 4) is 0 Å². The van der Waals surface area contributed by atoms with Gasteiger partial charge in [-0.3, -0.25) is 4.98 Å². The lowest BCUT2D eigenvalue weighted by atomic mass is 9.96. The van der Waals surface area contributed by atoms with Crippen molar-refractivity contribution in [3.05, 3.63) is 77.1 Å². The van der Waals surface area contributed by atoms with E-state index in [-0.39, 0.29) is 0 Å². The minimum atomic E-state index is 0.390. The normalized spacial score (nSPS) is 17.3. The monoisotopic (exact) mass is 262 g/mol. The first-order chi connectivity index (χ1) is 9.78. The SMILES string of the molecule is CC1C=Cc2ccccc2C(c2cccc(CN)n2)=C1. The van der Waals surface area contributed by atoms with Crippen molar-refractivity contribution < 1.29 is 0 Å². The van der Waals surface area contributed by atoms with Crippen LogP contribution >= 0.6 is 0 Å². The molecule has 0 saturated carbocycles. The molecule has 0 bridgehead atoms. The number of aromatic nitrogens is 1. The van der Waals surface area contributed by atoms with Crippen LogP contribution < -0.4 is 5.73 Å². The number of hydrogen-bond donors (Lipinski definition) is 1. The van der Waals surface area contributed by atoms with Crippen molar-refractivity contribution in [1.82, 2.24) is 4.98 Å². The van der Waals surface area contributed by atoms with E-state index in [9.17, 15) is 0 Å². The Bertz CT molecular complexity index is 683. The quantitative estimate of drug-likeness (QED) is 0.897. The van der Waals surface area contributed by atoms with Crippen molar-refractivity contribution in [2.45, 2.75) is 13.5 Å². The topological polar surface area (TPSA) is 38.9 Å². The summed E-state index contributed by atoms with van der Waals surface area (Å²) in [5, 5.41) is 0. The second-order valence-corrected chi connectivity index (χ2v) is 5.10. The van der Waals surface area contributed by atoms with E-state index in [1.54, 1.807) is 0 Å². The van der Waals surface area contributed by atoms with Crippen LogP contribution in [0.15, 0.2) is 54.6 Å². The van der Waals surface area contributed by atoms with Crippen molar-refractivity contribution in [2.24, 2.45) is 11.7 Å². The Labute approximate surface area is 119 Å². The third kappa shape index (κ3) is 2.43. The minimum Gasteiger partial charge on any atom is -0.325 e. The van der Waals surface area contributed by atoms with Crippen LogP contribution in [-0.4, -0.2) is 4.98 Å². The van der Waals surface area contributed by atoms with Crippen LogP contribution in [0, 0.1) is 5.92 Å². The molecule has 1 aromatic carbocycles. The highest BCUT2D eigenvalue weighted by molar-refractivity contribution is 5.84. The first-order valence-corrected chi connectivity index (χ1v) is 6.94. The lowest BCUT2D eigenvalue weighted by Gasteiger charge is -2.11. The average Bonchev–Trinajstić information content (AvgIpc) is 2.67. The molecule has 3 rings (SSSR count). The fourth-order valence-electron chi connectivity index (χ4n) is 2.52. The van der Waals surface area contributed by atoms with Gasteiger partial charge in [0, 0.05) is 12.1 Å². The zero-order chi connectivity index (χ0) is 13.9. The smallest absolute Gasteiger partial charge is 0.0709 e. The predicted octanol–water partition coefficient (Wildman–Crippen LogP) is 3.63. The molecule has 0 amide bonds. The highest BCUT2D eigenvalue weighted by atomic mass is 14.7. The minimum absolute atomic E-state index is 0.390. The molecule has 0 spiro atoms. The summed E-state index contributed by atoms with van der Waals surface area (Å²) in [6.07, 6.45) is 6.68. The molecule has 0 radical (unpaired) electrons. The zero-order valence-corrected chi connectivity index (χ0v) is 11.6. The molecule has 1 aliphatic carbocycles. The Kier molecular flexibility index (Phi) is 3.48. The highest BCUT2D eigenvalue weighted by Gasteiger charge is 2.13. The molecule has 20 heavy (non-hydrogen) atoms. The van der Waals surface area contributed by atoms with E-state index < -0.39 is 0 Å². The maximum atomic E-state index is 5.71. The number of nitrogens with zero attached hydrogens (tertiary/aromatic N) is 1. The second-order valence-electron chi connectivity index (χ2n) is 5.10. The van der Waals surface area contributed by atoms with Gasteiger partial charge in [-0.1, -0.05) is 55.5 Å². The molecular weight excluding hydrogens is 244 g/mol. The average molecular weight is 262 g/mol. The van der Waals surface area contributed by atoms with Gasteiger partial charge >= 0.3 is 0 Å². The van der Waals surface area contributed by atoms with Crippen molar-refractivity contribution >= 4 is 11.6 Å². The van der Waals surface area contributed by atoms with E-state index in [1.807, 2.05) is 12.1 Å². The Morgan fingerprint density at radius 2 is 1.95 bits per heavy atom. The number of pyridine rings is 1. The van der Waals surface area contributed by atoms with Crippen LogP contribution in [0.4, 0.5) is 0 Å². The van der Waals surface area contributed by atoms with Crippen molar-refractivity contribution in [1.29, 1.82) is 0 Å². The summed E-state index contributed by atoms with van der Waals surface area (Å²) < 4.78 is 0. The largest absolute Gasteiger partial charge is 0.325 e. The second kappa shape index (κ2) is 5.43. The van der Waals surface area contributed by atoms with Crippen LogP contribution in [0.1, 0.15) is 29.4 Å². The Morgan fingerprint density at radius 3 is 2.80 bits per heavy atom. The molecule has 0 aliphatic heterocycles. The number of hydrogen-bond acceptors (Lipinski definition) is 2. The van der Waals surface area contributed by atoms with Gasteiger partial charge in [0.25, 0.3) is 0 Å². The summed E-state index contributed by atoms with van der Waals surface area (Å²) in [6.45, 7) is 2.66. The standard InChI is InChI=1S/C18H18N2/c1-13-9-10-14-5-2-3-7-16(14)17(11-13)18-8-4-6-15(12-19)20-18/h2-11,13H,12,19H2,1H3. The fraction of sp³-hybridized carbons (Fsp3) is 0.167. The van der Waals surface area contributed by atoms with Gasteiger partial charge in [0.05, 0.1) is 11.4 Å². The van der Waals surface area contributed by atoms with E-state index in [1.165, 1.54) is 16.7 Å². The molecule has 0 fully saturated rings. The van der Waals surface area contributed by atoms with Gasteiger partial charge in [-0.05, 0) is 29.2 Å². The van der Waals surface area contributed by atoms with Crippen LogP contribution in [0.5, 0.6) is 0 Å². The molecule has 2 aromatic rings. The molecule has 2 N–H and O–H groups in total. The molecule has 1 heterocycles. The summed E-state index contributed by atoms with van der Waals surface area (Å²) in [6, 6.07) is 14.5. The molecule has 1 aliphatic rings. The number of rotatable bonds is 2. The third-order valence-electron chi connectivity index (χ3n) is 3.55. The summed E-state index contributed by atoms with van der Waals surface area (Å²) in [5.74, 6) is 0.390. The zero-order valence-electron chi connectivity index (χ0n) is 11.6.